The molecule has 3 aromatic heterocycles. The summed E-state index contributed by atoms with van der Waals surface area (Å²) in [5.74, 6) is -3.82. The third-order valence-electron chi connectivity index (χ3n) is 7.33. The summed E-state index contributed by atoms with van der Waals surface area (Å²) in [7, 11) is 0. The summed E-state index contributed by atoms with van der Waals surface area (Å²) in [6.45, 7) is 3.49. The number of phenols is 1. The van der Waals surface area contributed by atoms with Gasteiger partial charge in [-0.15, -0.1) is 22.0 Å². The summed E-state index contributed by atoms with van der Waals surface area (Å²) in [5.41, 5.74) is 0.185. The molecular formula is C29H23N7O7S3. The van der Waals surface area contributed by atoms with Crippen LogP contribution in [0.2, 0.25) is 0 Å². The third-order valence-corrected chi connectivity index (χ3v) is 10.0. The van der Waals surface area contributed by atoms with Gasteiger partial charge in [-0.25, -0.2) is 9.78 Å². The van der Waals surface area contributed by atoms with E-state index in [1.54, 1.807) is 19.9 Å². The Morgan fingerprint density at radius 3 is 2.63 bits per heavy atom. The molecule has 3 amide bonds. The van der Waals surface area contributed by atoms with E-state index in [-0.39, 0.29) is 44.2 Å². The van der Waals surface area contributed by atoms with Crippen molar-refractivity contribution in [2.24, 2.45) is 0 Å². The van der Waals surface area contributed by atoms with Crippen molar-refractivity contribution in [1.82, 2.24) is 35.7 Å². The Kier molecular flexibility index (Phi) is 8.13. The number of pyridine rings is 2. The fourth-order valence-corrected chi connectivity index (χ4v) is 7.57. The number of nitrogens with zero attached hydrogens (tertiary/aromatic N) is 4. The topological polar surface area (TPSA) is 208 Å². The number of aryl methyl sites for hydroxylation is 2. The molecule has 0 spiro atoms. The number of benzene rings is 1. The van der Waals surface area contributed by atoms with Crippen LogP contribution in [0.25, 0.3) is 11.0 Å². The molecule has 17 heteroatoms. The largest absolute Gasteiger partial charge is 0.508 e. The maximum Gasteiger partial charge on any atom is 0.353 e. The number of carboxylic acid groups (broad SMARTS) is 1. The quantitative estimate of drug-likeness (QED) is 0.103. The fraction of sp³-hybridized carbons (Fsp3) is 0.207. The van der Waals surface area contributed by atoms with E-state index in [1.165, 1.54) is 59.6 Å². The Morgan fingerprint density at radius 1 is 1.15 bits per heavy atom. The Bertz CT molecular complexity index is 2080. The molecule has 5 heterocycles. The first kappa shape index (κ1) is 31.0. The van der Waals surface area contributed by atoms with E-state index < -0.39 is 46.6 Å². The van der Waals surface area contributed by atoms with Gasteiger partial charge in [-0.1, -0.05) is 35.7 Å². The second kappa shape index (κ2) is 12.1. The Labute approximate surface area is 272 Å². The van der Waals surface area contributed by atoms with Crippen LogP contribution >= 0.6 is 35.3 Å². The first-order valence-electron chi connectivity index (χ1n) is 13.6. The van der Waals surface area contributed by atoms with E-state index >= 15 is 0 Å². The lowest BCUT2D eigenvalue weighted by atomic mass is 9.99. The predicted molar refractivity (Wildman–Crippen MR) is 171 cm³/mol. The van der Waals surface area contributed by atoms with Crippen molar-refractivity contribution in [3.63, 3.8) is 0 Å². The number of rotatable bonds is 8. The van der Waals surface area contributed by atoms with E-state index in [0.717, 1.165) is 4.90 Å². The summed E-state index contributed by atoms with van der Waals surface area (Å²) < 4.78 is 0. The van der Waals surface area contributed by atoms with Gasteiger partial charge in [-0.3, -0.25) is 24.1 Å². The van der Waals surface area contributed by atoms with E-state index in [1.807, 2.05) is 0 Å². The Morgan fingerprint density at radius 2 is 1.93 bits per heavy atom. The van der Waals surface area contributed by atoms with Crippen LogP contribution in [0.1, 0.15) is 37.7 Å². The van der Waals surface area contributed by atoms with Crippen molar-refractivity contribution in [3.8, 4) is 5.75 Å². The number of carbonyl (C=O) groups is 4. The lowest BCUT2D eigenvalue weighted by molar-refractivity contribution is -0.150. The lowest BCUT2D eigenvalue weighted by Gasteiger charge is -2.49. The van der Waals surface area contributed by atoms with Crippen molar-refractivity contribution < 1.29 is 29.4 Å². The molecule has 2 aliphatic rings. The van der Waals surface area contributed by atoms with Crippen molar-refractivity contribution >= 4 is 74.9 Å². The summed E-state index contributed by atoms with van der Waals surface area (Å²) in [5, 5.41) is 33.6. The number of fused-ring (bicyclic) bond motifs is 2. The van der Waals surface area contributed by atoms with Crippen LogP contribution in [-0.2, 0) is 14.4 Å². The van der Waals surface area contributed by atoms with Gasteiger partial charge in [0.05, 0.1) is 10.3 Å². The average molecular weight is 678 g/mol. The van der Waals surface area contributed by atoms with Crippen LogP contribution in [0, 0.1) is 13.8 Å². The number of carbonyl (C=O) groups excluding carboxylic acids is 3. The number of nitrogens with one attached hydrogen (secondary N) is 3. The maximum atomic E-state index is 13.7. The zero-order valence-corrected chi connectivity index (χ0v) is 26.4. The van der Waals surface area contributed by atoms with Crippen LogP contribution in [-0.4, -0.2) is 81.0 Å². The first-order chi connectivity index (χ1) is 21.9. The SMILES string of the molecule is Cc1ccc2c(=O)c(C(=O)NC(C(=O)NC3C(=O)N4C(C(=O)O)=C(C(=S)c5nnc(C)s5)CS[C@@H]34)c3cccc(O)c3)c[nH]c2n1. The molecule has 5 N–H and O–H groups in total. The number of hydrogen-bond donors (Lipinski definition) is 5. The Balaban J connectivity index is 1.26. The molecule has 0 bridgehead atoms. The zero-order chi connectivity index (χ0) is 32.9. The number of hydrogen-bond acceptors (Lipinski definition) is 12. The highest BCUT2D eigenvalue weighted by atomic mass is 32.2. The van der Waals surface area contributed by atoms with Gasteiger partial charge >= 0.3 is 5.97 Å². The van der Waals surface area contributed by atoms with Crippen LogP contribution in [0.3, 0.4) is 0 Å². The molecule has 0 radical (unpaired) electrons. The number of aromatic nitrogens is 4. The predicted octanol–water partition coefficient (Wildman–Crippen LogP) is 1.72. The van der Waals surface area contributed by atoms with Gasteiger partial charge in [0.1, 0.15) is 45.1 Å². The zero-order valence-electron chi connectivity index (χ0n) is 23.9. The average Bonchev–Trinajstić information content (AvgIpc) is 3.47. The molecule has 1 fully saturated rings. The minimum absolute atomic E-state index is 0.131. The van der Waals surface area contributed by atoms with Crippen molar-refractivity contribution in [3.05, 3.63) is 90.9 Å². The number of carboxylic acids is 1. The molecule has 2 aliphatic heterocycles. The van der Waals surface area contributed by atoms with Gasteiger partial charge in [0.15, 0.2) is 5.01 Å². The number of thioether (sulfide) groups is 1. The molecule has 2 unspecified atom stereocenters. The molecule has 1 aromatic carbocycles. The van der Waals surface area contributed by atoms with Crippen molar-refractivity contribution in [2.45, 2.75) is 31.3 Å². The highest BCUT2D eigenvalue weighted by Crippen LogP contribution is 2.41. The monoisotopic (exact) mass is 677 g/mol. The summed E-state index contributed by atoms with van der Waals surface area (Å²) in [6, 6.07) is 6.17. The minimum Gasteiger partial charge on any atom is -0.508 e. The van der Waals surface area contributed by atoms with Gasteiger partial charge in [0, 0.05) is 23.2 Å². The number of amides is 3. The molecule has 3 atom stereocenters. The van der Waals surface area contributed by atoms with Crippen molar-refractivity contribution in [2.75, 3.05) is 5.75 Å². The number of H-pyrrole nitrogens is 1. The second-order valence-electron chi connectivity index (χ2n) is 10.4. The van der Waals surface area contributed by atoms with E-state index in [4.69, 9.17) is 12.2 Å². The van der Waals surface area contributed by atoms with Crippen LogP contribution < -0.4 is 16.1 Å². The number of aliphatic carboxylic acids is 1. The maximum absolute atomic E-state index is 13.7. The number of aromatic amines is 1. The number of β-lactam (4-membered cyclic amide) rings is 1. The molecule has 234 valence electrons. The highest BCUT2D eigenvalue weighted by Gasteiger charge is 2.55. The van der Waals surface area contributed by atoms with Crippen LogP contribution in [0.5, 0.6) is 5.75 Å². The standard InChI is InChI=1S/C29H23N7O7S3/c1-11-6-7-15-21(38)16(9-30-23(15)31-11)24(39)32-18(13-4-3-5-14(37)8-13)25(40)33-19-27(41)36-20(29(42)43)17(10-45-28(19)36)22(44)26-35-34-12(2)46-26/h3-9,18-19,28,37H,10H2,1-2H3,(H,32,39)(H,33,40)(H,42,43)(H,30,31,38)/t18?,19?,28-/m0/s1. The van der Waals surface area contributed by atoms with Crippen LogP contribution in [0.15, 0.2) is 58.7 Å². The smallest absolute Gasteiger partial charge is 0.353 e. The van der Waals surface area contributed by atoms with Gasteiger partial charge in [-0.05, 0) is 43.7 Å². The minimum atomic E-state index is -1.44. The van der Waals surface area contributed by atoms with Gasteiger partial charge in [0.25, 0.3) is 11.8 Å². The first-order valence-corrected chi connectivity index (χ1v) is 15.9. The van der Waals surface area contributed by atoms with Crippen LogP contribution in [0.4, 0.5) is 0 Å². The summed E-state index contributed by atoms with van der Waals surface area (Å²) in [6.07, 6.45) is 1.20. The van der Waals surface area contributed by atoms with E-state index in [9.17, 15) is 34.2 Å². The molecule has 0 aliphatic carbocycles. The highest BCUT2D eigenvalue weighted by molar-refractivity contribution is 8.00. The number of aromatic hydroxyl groups is 1. The number of thiocarbonyl (C=S) groups is 1. The molecule has 0 saturated carbocycles. The molecule has 4 aromatic rings. The van der Waals surface area contributed by atoms with Crippen molar-refractivity contribution in [1.29, 1.82) is 0 Å². The second-order valence-corrected chi connectivity index (χ2v) is 13.1. The normalized spacial score (nSPS) is 18.0. The van der Waals surface area contributed by atoms with E-state index in [0.29, 0.717) is 21.4 Å². The molecule has 14 nitrogen and oxygen atoms in total. The van der Waals surface area contributed by atoms with Gasteiger partial charge in [-0.2, -0.15) is 0 Å². The van der Waals surface area contributed by atoms with Gasteiger partial charge < -0.3 is 25.8 Å². The lowest BCUT2D eigenvalue weighted by Crippen LogP contribution is -2.71. The fourth-order valence-electron chi connectivity index (χ4n) is 5.13. The summed E-state index contributed by atoms with van der Waals surface area (Å²) in [4.78, 5) is 74.2. The summed E-state index contributed by atoms with van der Waals surface area (Å²) >= 11 is 7.91. The molecular weight excluding hydrogens is 655 g/mol. The third kappa shape index (κ3) is 5.52. The Hall–Kier alpha value is -5.00. The number of phenolic OH excluding ortho intramolecular Hbond substituents is 1. The molecule has 46 heavy (non-hydrogen) atoms. The van der Waals surface area contributed by atoms with Gasteiger partial charge in [0.2, 0.25) is 11.3 Å². The molecule has 1 saturated heterocycles. The molecule has 6 rings (SSSR count). The van der Waals surface area contributed by atoms with E-state index in [2.05, 4.69) is 30.8 Å².